The van der Waals surface area contributed by atoms with Crippen molar-refractivity contribution >= 4 is 28.5 Å². The Labute approximate surface area is 152 Å². The van der Waals surface area contributed by atoms with E-state index >= 15 is 0 Å². The van der Waals surface area contributed by atoms with Gasteiger partial charge in [0.25, 0.3) is 11.9 Å². The third kappa shape index (κ3) is 3.40. The SMILES string of the molecule is O=C(NCCCc1nc2ccc(Cl)cc2[nH]1)c1nc(-n2cnnc2)n[nH]1. The summed E-state index contributed by atoms with van der Waals surface area (Å²) in [6.45, 7) is 0.485. The molecule has 0 aliphatic carbocycles. The zero-order valence-corrected chi connectivity index (χ0v) is 14.2. The molecule has 0 spiro atoms. The molecule has 0 atom stereocenters. The van der Waals surface area contributed by atoms with Crippen LogP contribution in [0.2, 0.25) is 5.02 Å². The molecule has 0 fully saturated rings. The summed E-state index contributed by atoms with van der Waals surface area (Å²) < 4.78 is 1.50. The van der Waals surface area contributed by atoms with Crippen LogP contribution in [0.4, 0.5) is 0 Å². The smallest absolute Gasteiger partial charge is 0.288 e. The maximum Gasteiger partial charge on any atom is 0.288 e. The summed E-state index contributed by atoms with van der Waals surface area (Å²) in [6, 6.07) is 5.52. The van der Waals surface area contributed by atoms with Crippen LogP contribution in [0, 0.1) is 0 Å². The molecule has 1 aromatic carbocycles. The van der Waals surface area contributed by atoms with Gasteiger partial charge in [0, 0.05) is 18.0 Å². The summed E-state index contributed by atoms with van der Waals surface area (Å²) in [6.07, 6.45) is 4.33. The lowest BCUT2D eigenvalue weighted by Gasteiger charge is -2.01. The van der Waals surface area contributed by atoms with Gasteiger partial charge < -0.3 is 10.3 Å². The van der Waals surface area contributed by atoms with Gasteiger partial charge in [0.15, 0.2) is 0 Å². The molecule has 132 valence electrons. The summed E-state index contributed by atoms with van der Waals surface area (Å²) in [5.74, 6) is 0.965. The first-order chi connectivity index (χ1) is 12.7. The van der Waals surface area contributed by atoms with Gasteiger partial charge in [0.1, 0.15) is 18.5 Å². The standard InChI is InChI=1S/C15H14ClN9O/c16-9-3-4-10-11(6-9)21-12(20-10)2-1-5-17-14(26)13-22-15(24-23-13)25-7-18-19-8-25/h3-4,6-8H,1-2,5H2,(H,17,26)(H,20,21)(H,22,23,24). The normalized spacial score (nSPS) is 11.1. The van der Waals surface area contributed by atoms with E-state index in [1.54, 1.807) is 6.07 Å². The number of aryl methyl sites for hydroxylation is 1. The Morgan fingerprint density at radius 1 is 1.23 bits per heavy atom. The molecule has 0 radical (unpaired) electrons. The van der Waals surface area contributed by atoms with E-state index in [0.29, 0.717) is 23.9 Å². The Balaban J connectivity index is 1.29. The second-order valence-electron chi connectivity index (χ2n) is 5.56. The number of nitrogens with one attached hydrogen (secondary N) is 3. The van der Waals surface area contributed by atoms with Gasteiger partial charge in [-0.15, -0.1) is 15.3 Å². The quantitative estimate of drug-likeness (QED) is 0.438. The molecule has 4 aromatic rings. The maximum atomic E-state index is 12.1. The van der Waals surface area contributed by atoms with Crippen LogP contribution >= 0.6 is 11.6 Å². The first kappa shape index (κ1) is 16.2. The molecule has 11 heteroatoms. The van der Waals surface area contributed by atoms with Gasteiger partial charge in [-0.1, -0.05) is 11.6 Å². The summed E-state index contributed by atoms with van der Waals surface area (Å²) in [7, 11) is 0. The highest BCUT2D eigenvalue weighted by atomic mass is 35.5. The van der Waals surface area contributed by atoms with Crippen LogP contribution in [0.5, 0.6) is 0 Å². The van der Waals surface area contributed by atoms with Gasteiger partial charge in [-0.3, -0.25) is 14.5 Å². The van der Waals surface area contributed by atoms with Crippen molar-refractivity contribution in [3.8, 4) is 5.95 Å². The van der Waals surface area contributed by atoms with Crippen molar-refractivity contribution in [2.24, 2.45) is 0 Å². The van der Waals surface area contributed by atoms with E-state index in [1.165, 1.54) is 17.2 Å². The Kier molecular flexibility index (Phi) is 4.32. The Hall–Kier alpha value is -3.27. The summed E-state index contributed by atoms with van der Waals surface area (Å²) >= 11 is 5.96. The van der Waals surface area contributed by atoms with E-state index in [2.05, 4.69) is 40.7 Å². The second kappa shape index (κ2) is 6.92. The largest absolute Gasteiger partial charge is 0.349 e. The number of carbonyl (C=O) groups excluding carboxylic acids is 1. The van der Waals surface area contributed by atoms with Gasteiger partial charge >= 0.3 is 0 Å². The van der Waals surface area contributed by atoms with Gasteiger partial charge in [-0.05, 0) is 24.6 Å². The Morgan fingerprint density at radius 2 is 2.08 bits per heavy atom. The van der Waals surface area contributed by atoms with E-state index in [4.69, 9.17) is 11.6 Å². The minimum Gasteiger partial charge on any atom is -0.349 e. The number of fused-ring (bicyclic) bond motifs is 1. The fourth-order valence-corrected chi connectivity index (χ4v) is 2.64. The van der Waals surface area contributed by atoms with Crippen molar-refractivity contribution in [1.82, 2.24) is 45.2 Å². The number of hydrogen-bond donors (Lipinski definition) is 3. The van der Waals surface area contributed by atoms with Crippen molar-refractivity contribution in [3.05, 3.63) is 47.5 Å². The number of H-pyrrole nitrogens is 2. The number of benzene rings is 1. The molecule has 10 nitrogen and oxygen atoms in total. The molecule has 0 unspecified atom stereocenters. The monoisotopic (exact) mass is 371 g/mol. The van der Waals surface area contributed by atoms with Gasteiger partial charge in [0.05, 0.1) is 11.0 Å². The molecule has 0 saturated heterocycles. The molecule has 1 amide bonds. The van der Waals surface area contributed by atoms with Crippen molar-refractivity contribution in [1.29, 1.82) is 0 Å². The zero-order valence-electron chi connectivity index (χ0n) is 13.5. The number of hydrogen-bond acceptors (Lipinski definition) is 6. The molecule has 3 aromatic heterocycles. The fourth-order valence-electron chi connectivity index (χ4n) is 2.47. The highest BCUT2D eigenvalue weighted by molar-refractivity contribution is 6.31. The van der Waals surface area contributed by atoms with E-state index in [-0.39, 0.29) is 11.7 Å². The van der Waals surface area contributed by atoms with Crippen molar-refractivity contribution in [3.63, 3.8) is 0 Å². The van der Waals surface area contributed by atoms with Crippen LogP contribution in [-0.4, -0.2) is 52.4 Å². The first-order valence-electron chi connectivity index (χ1n) is 7.89. The van der Waals surface area contributed by atoms with Crippen LogP contribution in [-0.2, 0) is 6.42 Å². The molecule has 0 aliphatic heterocycles. The lowest BCUT2D eigenvalue weighted by atomic mass is 10.3. The van der Waals surface area contributed by atoms with Gasteiger partial charge in [-0.2, -0.15) is 4.98 Å². The van der Waals surface area contributed by atoms with Crippen LogP contribution in [0.15, 0.2) is 30.9 Å². The number of aromatic nitrogens is 8. The number of aromatic amines is 2. The van der Waals surface area contributed by atoms with Crippen LogP contribution in [0.25, 0.3) is 17.0 Å². The van der Waals surface area contributed by atoms with E-state index in [1.807, 2.05) is 12.1 Å². The van der Waals surface area contributed by atoms with Crippen molar-refractivity contribution < 1.29 is 4.79 Å². The molecular formula is C15H14ClN9O. The highest BCUT2D eigenvalue weighted by Crippen LogP contribution is 2.17. The fraction of sp³-hybridized carbons (Fsp3) is 0.200. The highest BCUT2D eigenvalue weighted by Gasteiger charge is 2.12. The average molecular weight is 372 g/mol. The molecule has 3 heterocycles. The van der Waals surface area contributed by atoms with Gasteiger partial charge in [0.2, 0.25) is 5.82 Å². The van der Waals surface area contributed by atoms with Gasteiger partial charge in [-0.25, -0.2) is 4.98 Å². The molecular weight excluding hydrogens is 358 g/mol. The number of nitrogens with zero attached hydrogens (tertiary/aromatic N) is 6. The van der Waals surface area contributed by atoms with Crippen molar-refractivity contribution in [2.45, 2.75) is 12.8 Å². The first-order valence-corrected chi connectivity index (χ1v) is 8.26. The third-order valence-corrected chi connectivity index (χ3v) is 3.94. The summed E-state index contributed by atoms with van der Waals surface area (Å²) in [5, 5.41) is 17.3. The Morgan fingerprint density at radius 3 is 2.92 bits per heavy atom. The molecule has 0 bridgehead atoms. The molecule has 4 rings (SSSR count). The van der Waals surface area contributed by atoms with Crippen molar-refractivity contribution in [2.75, 3.05) is 6.54 Å². The average Bonchev–Trinajstić information content (AvgIpc) is 3.37. The van der Waals surface area contributed by atoms with E-state index in [0.717, 1.165) is 23.3 Å². The van der Waals surface area contributed by atoms with Crippen LogP contribution in [0.1, 0.15) is 22.9 Å². The number of halogens is 1. The summed E-state index contributed by atoms with van der Waals surface area (Å²) in [4.78, 5) is 23.9. The Bertz CT molecular complexity index is 1040. The number of amides is 1. The number of carbonyl (C=O) groups is 1. The topological polar surface area (TPSA) is 130 Å². The minimum absolute atomic E-state index is 0.132. The molecule has 0 aliphatic rings. The molecule has 26 heavy (non-hydrogen) atoms. The predicted octanol–water partition coefficient (Wildman–Crippen LogP) is 1.28. The number of imidazole rings is 1. The maximum absolute atomic E-state index is 12.1. The zero-order chi connectivity index (χ0) is 17.9. The van der Waals surface area contributed by atoms with Crippen LogP contribution < -0.4 is 5.32 Å². The predicted molar refractivity (Wildman–Crippen MR) is 93.1 cm³/mol. The lowest BCUT2D eigenvalue weighted by molar-refractivity contribution is 0.0943. The van der Waals surface area contributed by atoms with E-state index in [9.17, 15) is 4.79 Å². The summed E-state index contributed by atoms with van der Waals surface area (Å²) in [5.41, 5.74) is 1.77. The molecule has 0 saturated carbocycles. The lowest BCUT2D eigenvalue weighted by Crippen LogP contribution is -2.26. The number of rotatable bonds is 6. The molecule has 3 N–H and O–H groups in total. The second-order valence-corrected chi connectivity index (χ2v) is 5.99. The third-order valence-electron chi connectivity index (χ3n) is 3.71. The minimum atomic E-state index is -0.326. The van der Waals surface area contributed by atoms with Crippen LogP contribution in [0.3, 0.4) is 0 Å². The van der Waals surface area contributed by atoms with E-state index < -0.39 is 0 Å².